The van der Waals surface area contributed by atoms with Crippen molar-refractivity contribution in [3.05, 3.63) is 58.9 Å². The number of benzene rings is 2. The lowest BCUT2D eigenvalue weighted by Gasteiger charge is -2.12. The number of amides is 1. The summed E-state index contributed by atoms with van der Waals surface area (Å²) in [5.74, 6) is 0.0167. The first kappa shape index (κ1) is 20.5. The Bertz CT molecular complexity index is 1030. The molecule has 152 valence electrons. The van der Waals surface area contributed by atoms with Crippen LogP contribution in [0.2, 0.25) is 5.02 Å². The molecule has 0 saturated heterocycles. The van der Waals surface area contributed by atoms with Crippen LogP contribution in [-0.4, -0.2) is 25.1 Å². The minimum Gasteiger partial charge on any atom is -0.495 e. The highest BCUT2D eigenvalue weighted by Crippen LogP contribution is 2.36. The van der Waals surface area contributed by atoms with Gasteiger partial charge in [-0.2, -0.15) is 13.2 Å². The molecule has 1 aromatic heterocycles. The van der Waals surface area contributed by atoms with Crippen LogP contribution in [0.15, 0.2) is 47.1 Å². The highest BCUT2D eigenvalue weighted by molar-refractivity contribution is 6.32. The van der Waals surface area contributed by atoms with Crippen molar-refractivity contribution in [3.8, 4) is 23.0 Å². The highest BCUT2D eigenvalue weighted by Gasteiger charge is 2.30. The molecule has 0 atom stereocenters. The third-order valence-corrected chi connectivity index (χ3v) is 4.21. The fourth-order valence-electron chi connectivity index (χ4n) is 2.46. The number of carbonyl (C=O) groups excluding carboxylic acids is 1. The summed E-state index contributed by atoms with van der Waals surface area (Å²) in [6.45, 7) is 0. The van der Waals surface area contributed by atoms with Crippen LogP contribution in [-0.2, 0) is 6.18 Å². The van der Waals surface area contributed by atoms with Crippen LogP contribution in [0.4, 0.5) is 18.9 Å². The maximum atomic E-state index is 12.7. The van der Waals surface area contributed by atoms with Gasteiger partial charge in [0.2, 0.25) is 5.89 Å². The van der Waals surface area contributed by atoms with E-state index in [0.29, 0.717) is 22.1 Å². The normalized spacial score (nSPS) is 11.2. The summed E-state index contributed by atoms with van der Waals surface area (Å²) in [5.41, 5.74) is -0.286. The third kappa shape index (κ3) is 4.45. The SMILES string of the molecule is COc1cc(NC(=O)c2coc(-c3ccc(C(F)(F)F)cc3)n2)c(OC)cc1Cl. The summed E-state index contributed by atoms with van der Waals surface area (Å²) in [5, 5.41) is 2.90. The first-order chi connectivity index (χ1) is 13.7. The second kappa shape index (κ2) is 8.04. The zero-order valence-electron chi connectivity index (χ0n) is 15.1. The Hall–Kier alpha value is -3.20. The van der Waals surface area contributed by atoms with Crippen molar-refractivity contribution in [2.75, 3.05) is 19.5 Å². The molecule has 3 rings (SSSR count). The number of ether oxygens (including phenoxy) is 2. The molecule has 29 heavy (non-hydrogen) atoms. The van der Waals surface area contributed by atoms with Gasteiger partial charge in [-0.15, -0.1) is 0 Å². The first-order valence-corrected chi connectivity index (χ1v) is 8.46. The number of hydrogen-bond acceptors (Lipinski definition) is 5. The second-order valence-corrected chi connectivity index (χ2v) is 6.16. The van der Waals surface area contributed by atoms with Crippen LogP contribution >= 0.6 is 11.6 Å². The average Bonchev–Trinajstić information content (AvgIpc) is 3.18. The van der Waals surface area contributed by atoms with E-state index in [-0.39, 0.29) is 17.3 Å². The summed E-state index contributed by atoms with van der Waals surface area (Å²) >= 11 is 6.03. The van der Waals surface area contributed by atoms with Crippen LogP contribution in [0, 0.1) is 0 Å². The monoisotopic (exact) mass is 426 g/mol. The molecule has 0 radical (unpaired) electrons. The molecule has 0 aliphatic rings. The van der Waals surface area contributed by atoms with Crippen molar-refractivity contribution < 1.29 is 31.9 Å². The third-order valence-electron chi connectivity index (χ3n) is 3.92. The lowest BCUT2D eigenvalue weighted by atomic mass is 10.1. The van der Waals surface area contributed by atoms with Crippen LogP contribution in [0.1, 0.15) is 16.1 Å². The van der Waals surface area contributed by atoms with Gasteiger partial charge in [0.15, 0.2) is 5.69 Å². The summed E-state index contributed by atoms with van der Waals surface area (Å²) in [6, 6.07) is 7.20. The molecule has 1 amide bonds. The number of oxazole rings is 1. The Kier molecular flexibility index (Phi) is 5.69. The molecular formula is C19H14ClF3N2O4. The smallest absolute Gasteiger partial charge is 0.416 e. The largest absolute Gasteiger partial charge is 0.495 e. The molecule has 0 aliphatic heterocycles. The van der Waals surface area contributed by atoms with E-state index < -0.39 is 17.6 Å². The maximum absolute atomic E-state index is 12.7. The molecule has 0 saturated carbocycles. The summed E-state index contributed by atoms with van der Waals surface area (Å²) in [7, 11) is 2.83. The van der Waals surface area contributed by atoms with Gasteiger partial charge in [0, 0.05) is 17.7 Å². The lowest BCUT2D eigenvalue weighted by Crippen LogP contribution is -2.13. The fourth-order valence-corrected chi connectivity index (χ4v) is 2.69. The molecule has 1 heterocycles. The molecule has 6 nitrogen and oxygen atoms in total. The zero-order valence-corrected chi connectivity index (χ0v) is 15.9. The number of halogens is 4. The quantitative estimate of drug-likeness (QED) is 0.600. The minimum absolute atomic E-state index is 0.00419. The van der Waals surface area contributed by atoms with E-state index in [0.717, 1.165) is 18.4 Å². The predicted octanol–water partition coefficient (Wildman–Crippen LogP) is 5.28. The number of anilines is 1. The fraction of sp³-hybridized carbons (Fsp3) is 0.158. The van der Waals surface area contributed by atoms with E-state index in [1.807, 2.05) is 0 Å². The molecule has 3 aromatic rings. The maximum Gasteiger partial charge on any atom is 0.416 e. The van der Waals surface area contributed by atoms with Gasteiger partial charge >= 0.3 is 6.18 Å². The minimum atomic E-state index is -4.45. The number of alkyl halides is 3. The molecule has 0 aliphatic carbocycles. The molecule has 1 N–H and O–H groups in total. The Morgan fingerprint density at radius 2 is 1.76 bits per heavy atom. The number of rotatable bonds is 5. The molecule has 0 fully saturated rings. The van der Waals surface area contributed by atoms with Crippen molar-refractivity contribution in [3.63, 3.8) is 0 Å². The van der Waals surface area contributed by atoms with Gasteiger partial charge < -0.3 is 19.2 Å². The van der Waals surface area contributed by atoms with Gasteiger partial charge in [-0.1, -0.05) is 11.6 Å². The van der Waals surface area contributed by atoms with Gasteiger partial charge in [-0.05, 0) is 24.3 Å². The molecule has 0 spiro atoms. The van der Waals surface area contributed by atoms with Crippen molar-refractivity contribution >= 4 is 23.2 Å². The van der Waals surface area contributed by atoms with E-state index in [1.165, 1.54) is 38.5 Å². The summed E-state index contributed by atoms with van der Waals surface area (Å²) in [6.07, 6.45) is -3.35. The zero-order chi connectivity index (χ0) is 21.2. The Balaban J connectivity index is 1.81. The van der Waals surface area contributed by atoms with Gasteiger partial charge in [-0.25, -0.2) is 4.98 Å². The number of hydrogen-bond donors (Lipinski definition) is 1. The number of nitrogens with zero attached hydrogens (tertiary/aromatic N) is 1. The van der Waals surface area contributed by atoms with E-state index in [2.05, 4.69) is 10.3 Å². The first-order valence-electron chi connectivity index (χ1n) is 8.09. The number of aromatic nitrogens is 1. The Labute approximate surface area is 168 Å². The van der Waals surface area contributed by atoms with Crippen LogP contribution < -0.4 is 14.8 Å². The molecular weight excluding hydrogens is 413 g/mol. The van der Waals surface area contributed by atoms with Crippen molar-refractivity contribution in [2.45, 2.75) is 6.18 Å². The van der Waals surface area contributed by atoms with Gasteiger partial charge in [0.25, 0.3) is 5.91 Å². The average molecular weight is 427 g/mol. The van der Waals surface area contributed by atoms with Gasteiger partial charge in [0.1, 0.15) is 17.8 Å². The molecule has 10 heteroatoms. The van der Waals surface area contributed by atoms with Crippen molar-refractivity contribution in [1.82, 2.24) is 4.98 Å². The van der Waals surface area contributed by atoms with E-state index >= 15 is 0 Å². The standard InChI is InChI=1S/C19H14ClF3N2O4/c1-27-15-8-13(16(28-2)7-12(15)20)24-17(26)14-9-29-18(25-14)10-3-5-11(6-4-10)19(21,22)23/h3-9H,1-2H3,(H,24,26). The van der Waals surface area contributed by atoms with Gasteiger partial charge in [0.05, 0.1) is 30.5 Å². The Morgan fingerprint density at radius 3 is 2.34 bits per heavy atom. The van der Waals surface area contributed by atoms with Gasteiger partial charge in [-0.3, -0.25) is 4.79 Å². The van der Waals surface area contributed by atoms with E-state index in [1.54, 1.807) is 0 Å². The molecule has 2 aromatic carbocycles. The number of carbonyl (C=O) groups is 1. The van der Waals surface area contributed by atoms with E-state index in [4.69, 9.17) is 25.5 Å². The van der Waals surface area contributed by atoms with E-state index in [9.17, 15) is 18.0 Å². The van der Waals surface area contributed by atoms with Crippen LogP contribution in [0.25, 0.3) is 11.5 Å². The topological polar surface area (TPSA) is 73.6 Å². The molecule has 0 bridgehead atoms. The van der Waals surface area contributed by atoms with Crippen molar-refractivity contribution in [1.29, 1.82) is 0 Å². The Morgan fingerprint density at radius 1 is 1.10 bits per heavy atom. The predicted molar refractivity (Wildman–Crippen MR) is 99.5 cm³/mol. The lowest BCUT2D eigenvalue weighted by molar-refractivity contribution is -0.137. The number of nitrogens with one attached hydrogen (secondary N) is 1. The summed E-state index contributed by atoms with van der Waals surface area (Å²) < 4.78 is 53.5. The second-order valence-electron chi connectivity index (χ2n) is 5.75. The molecule has 0 unspecified atom stereocenters. The van der Waals surface area contributed by atoms with Crippen LogP contribution in [0.5, 0.6) is 11.5 Å². The number of methoxy groups -OCH3 is 2. The van der Waals surface area contributed by atoms with Crippen molar-refractivity contribution in [2.24, 2.45) is 0 Å². The summed E-state index contributed by atoms with van der Waals surface area (Å²) in [4.78, 5) is 16.5. The highest BCUT2D eigenvalue weighted by atomic mass is 35.5. The van der Waals surface area contributed by atoms with Crippen LogP contribution in [0.3, 0.4) is 0 Å².